The van der Waals surface area contributed by atoms with E-state index in [9.17, 15) is 9.59 Å². The third-order valence-corrected chi connectivity index (χ3v) is 6.97. The molecule has 168 valence electrons. The Bertz CT molecular complexity index is 1040. The monoisotopic (exact) mass is 436 g/mol. The molecule has 8 heteroatoms. The summed E-state index contributed by atoms with van der Waals surface area (Å²) in [6.07, 6.45) is 6.33. The number of aromatic nitrogens is 1. The number of methoxy groups -OCH3 is 1. The SMILES string of the molecule is COc1ccc2c(c1)CCN2CC(=O)NC1CC2(C1)CC(Oc1ncccc1C(N)=O)C2. The van der Waals surface area contributed by atoms with Crippen LogP contribution in [0.3, 0.4) is 0 Å². The third kappa shape index (κ3) is 3.85. The predicted octanol–water partition coefficient (Wildman–Crippen LogP) is 2.06. The summed E-state index contributed by atoms with van der Waals surface area (Å²) in [5.74, 6) is 0.701. The summed E-state index contributed by atoms with van der Waals surface area (Å²) in [5, 5.41) is 3.19. The second-order valence-electron chi connectivity index (χ2n) is 9.21. The second kappa shape index (κ2) is 8.00. The lowest BCUT2D eigenvalue weighted by Crippen LogP contribution is -2.59. The molecule has 0 unspecified atom stereocenters. The first-order valence-corrected chi connectivity index (χ1v) is 11.1. The maximum atomic E-state index is 12.6. The molecule has 3 N–H and O–H groups in total. The number of fused-ring (bicyclic) bond motifs is 1. The number of benzene rings is 1. The smallest absolute Gasteiger partial charge is 0.254 e. The molecule has 2 aromatic rings. The maximum absolute atomic E-state index is 12.6. The predicted molar refractivity (Wildman–Crippen MR) is 119 cm³/mol. The topological polar surface area (TPSA) is 107 Å². The molecule has 0 atom stereocenters. The van der Waals surface area contributed by atoms with Crippen molar-refractivity contribution in [2.75, 3.05) is 25.1 Å². The number of hydrogen-bond donors (Lipinski definition) is 2. The summed E-state index contributed by atoms with van der Waals surface area (Å²) in [4.78, 5) is 30.4. The van der Waals surface area contributed by atoms with Crippen molar-refractivity contribution >= 4 is 17.5 Å². The van der Waals surface area contributed by atoms with Crippen molar-refractivity contribution < 1.29 is 19.1 Å². The van der Waals surface area contributed by atoms with Gasteiger partial charge in [0.1, 0.15) is 17.4 Å². The highest BCUT2D eigenvalue weighted by Crippen LogP contribution is 2.56. The highest BCUT2D eigenvalue weighted by atomic mass is 16.5. The second-order valence-corrected chi connectivity index (χ2v) is 9.21. The van der Waals surface area contributed by atoms with E-state index in [1.807, 2.05) is 12.1 Å². The molecular formula is C24H28N4O4. The van der Waals surface area contributed by atoms with Crippen LogP contribution in [-0.4, -0.2) is 49.1 Å². The van der Waals surface area contributed by atoms with Crippen LogP contribution in [-0.2, 0) is 11.2 Å². The van der Waals surface area contributed by atoms with Gasteiger partial charge >= 0.3 is 0 Å². The van der Waals surface area contributed by atoms with Crippen LogP contribution in [0, 0.1) is 5.41 Å². The Morgan fingerprint density at radius 1 is 1.25 bits per heavy atom. The summed E-state index contributed by atoms with van der Waals surface area (Å²) >= 11 is 0. The van der Waals surface area contributed by atoms with Crippen molar-refractivity contribution in [2.24, 2.45) is 11.1 Å². The number of primary amides is 1. The van der Waals surface area contributed by atoms with Crippen LogP contribution in [0.2, 0.25) is 0 Å². The van der Waals surface area contributed by atoms with E-state index < -0.39 is 5.91 Å². The quantitative estimate of drug-likeness (QED) is 0.688. The summed E-state index contributed by atoms with van der Waals surface area (Å²) in [6.45, 7) is 1.23. The molecule has 2 aliphatic carbocycles. The average Bonchev–Trinajstić information content (AvgIpc) is 3.12. The number of nitrogens with one attached hydrogen (secondary N) is 1. The van der Waals surface area contributed by atoms with E-state index in [2.05, 4.69) is 21.3 Å². The lowest BCUT2D eigenvalue weighted by Gasteiger charge is -2.57. The number of anilines is 1. The van der Waals surface area contributed by atoms with Crippen LogP contribution in [0.4, 0.5) is 5.69 Å². The largest absolute Gasteiger partial charge is 0.497 e. The number of hydrogen-bond acceptors (Lipinski definition) is 6. The van der Waals surface area contributed by atoms with Crippen molar-refractivity contribution in [2.45, 2.75) is 44.2 Å². The molecule has 0 bridgehead atoms. The van der Waals surface area contributed by atoms with E-state index in [0.717, 1.165) is 50.1 Å². The molecule has 1 aromatic heterocycles. The van der Waals surface area contributed by atoms with Crippen LogP contribution < -0.4 is 25.4 Å². The highest BCUT2D eigenvalue weighted by Gasteiger charge is 2.54. The molecule has 1 aromatic carbocycles. The minimum absolute atomic E-state index is 0.0396. The summed E-state index contributed by atoms with van der Waals surface area (Å²) in [6, 6.07) is 9.55. The third-order valence-electron chi connectivity index (χ3n) is 6.97. The Hall–Kier alpha value is -3.29. The Morgan fingerprint density at radius 3 is 2.81 bits per heavy atom. The molecule has 2 fully saturated rings. The Kier molecular flexibility index (Phi) is 5.15. The molecular weight excluding hydrogens is 408 g/mol. The molecule has 2 saturated carbocycles. The summed E-state index contributed by atoms with van der Waals surface area (Å²) in [7, 11) is 1.67. The van der Waals surface area contributed by atoms with Gasteiger partial charge in [-0.2, -0.15) is 0 Å². The number of rotatable bonds is 7. The first-order valence-electron chi connectivity index (χ1n) is 11.1. The van der Waals surface area contributed by atoms with Gasteiger partial charge in [0.15, 0.2) is 0 Å². The standard InChI is InChI=1S/C24H28N4O4/c1-31-17-4-5-20-15(9-17)6-8-28(20)14-21(29)27-16-10-24(11-16)12-18(13-24)32-23-19(22(25)30)3-2-7-26-23/h2-5,7,9,16,18H,6,8,10-14H2,1H3,(H2,25,30)(H,27,29). The van der Waals surface area contributed by atoms with Gasteiger partial charge in [-0.3, -0.25) is 9.59 Å². The molecule has 2 amide bonds. The van der Waals surface area contributed by atoms with Gasteiger partial charge in [-0.1, -0.05) is 0 Å². The van der Waals surface area contributed by atoms with E-state index in [0.29, 0.717) is 18.0 Å². The molecule has 8 nitrogen and oxygen atoms in total. The van der Waals surface area contributed by atoms with Gasteiger partial charge in [-0.05, 0) is 73.4 Å². The molecule has 32 heavy (non-hydrogen) atoms. The van der Waals surface area contributed by atoms with E-state index in [-0.39, 0.29) is 23.5 Å². The molecule has 3 aliphatic rings. The van der Waals surface area contributed by atoms with Crippen molar-refractivity contribution in [3.63, 3.8) is 0 Å². The first-order chi connectivity index (χ1) is 15.4. The van der Waals surface area contributed by atoms with Gasteiger partial charge in [-0.25, -0.2) is 4.98 Å². The minimum Gasteiger partial charge on any atom is -0.497 e. The zero-order chi connectivity index (χ0) is 22.3. The minimum atomic E-state index is -0.534. The van der Waals surface area contributed by atoms with Crippen molar-refractivity contribution in [1.29, 1.82) is 0 Å². The first kappa shape index (κ1) is 20.6. The number of pyridine rings is 1. The zero-order valence-corrected chi connectivity index (χ0v) is 18.2. The fraction of sp³-hybridized carbons (Fsp3) is 0.458. The fourth-order valence-electron chi connectivity index (χ4n) is 5.42. The molecule has 0 radical (unpaired) electrons. The van der Waals surface area contributed by atoms with Gasteiger partial charge in [0, 0.05) is 24.5 Å². The average molecular weight is 437 g/mol. The van der Waals surface area contributed by atoms with Crippen molar-refractivity contribution in [3.8, 4) is 11.6 Å². The van der Waals surface area contributed by atoms with Gasteiger partial charge in [0.2, 0.25) is 11.8 Å². The van der Waals surface area contributed by atoms with Crippen LogP contribution >= 0.6 is 0 Å². The van der Waals surface area contributed by atoms with Crippen molar-refractivity contribution in [3.05, 3.63) is 47.7 Å². The molecule has 0 saturated heterocycles. The van der Waals surface area contributed by atoms with Gasteiger partial charge < -0.3 is 25.4 Å². The van der Waals surface area contributed by atoms with E-state index >= 15 is 0 Å². The highest BCUT2D eigenvalue weighted by molar-refractivity contribution is 5.94. The Balaban J connectivity index is 1.07. The summed E-state index contributed by atoms with van der Waals surface area (Å²) < 4.78 is 11.2. The maximum Gasteiger partial charge on any atom is 0.254 e. The van der Waals surface area contributed by atoms with E-state index in [4.69, 9.17) is 15.2 Å². The number of carbonyl (C=O) groups excluding carboxylic acids is 2. The Labute approximate surface area is 187 Å². The van der Waals surface area contributed by atoms with Crippen LogP contribution in [0.1, 0.15) is 41.6 Å². The molecule has 1 aliphatic heterocycles. The van der Waals surface area contributed by atoms with Crippen LogP contribution in [0.15, 0.2) is 36.5 Å². The van der Waals surface area contributed by atoms with Crippen LogP contribution in [0.5, 0.6) is 11.6 Å². The number of ether oxygens (including phenoxy) is 2. The van der Waals surface area contributed by atoms with Crippen molar-refractivity contribution in [1.82, 2.24) is 10.3 Å². The van der Waals surface area contributed by atoms with Gasteiger partial charge in [0.05, 0.1) is 13.7 Å². The molecule has 1 spiro atoms. The number of carbonyl (C=O) groups is 2. The van der Waals surface area contributed by atoms with Gasteiger partial charge in [-0.15, -0.1) is 0 Å². The lowest BCUT2D eigenvalue weighted by molar-refractivity contribution is -0.126. The van der Waals surface area contributed by atoms with Crippen LogP contribution in [0.25, 0.3) is 0 Å². The molecule has 2 heterocycles. The van der Waals surface area contributed by atoms with E-state index in [1.54, 1.807) is 25.4 Å². The number of nitrogens with two attached hydrogens (primary N) is 1. The zero-order valence-electron chi connectivity index (χ0n) is 18.2. The number of nitrogens with zero attached hydrogens (tertiary/aromatic N) is 2. The lowest BCUT2D eigenvalue weighted by atomic mass is 9.53. The molecule has 5 rings (SSSR count). The van der Waals surface area contributed by atoms with Gasteiger partial charge in [0.25, 0.3) is 5.91 Å². The fourth-order valence-corrected chi connectivity index (χ4v) is 5.42. The van der Waals surface area contributed by atoms with E-state index in [1.165, 1.54) is 5.56 Å². The Morgan fingerprint density at radius 2 is 2.06 bits per heavy atom. The normalized spacial score (nSPS) is 25.5. The summed E-state index contributed by atoms with van der Waals surface area (Å²) in [5.41, 5.74) is 8.30. The number of amides is 2.